The molecule has 0 spiro atoms. The van der Waals surface area contributed by atoms with Crippen LogP contribution in [0, 0.1) is 12.8 Å². The van der Waals surface area contributed by atoms with E-state index in [0.717, 1.165) is 24.3 Å². The van der Waals surface area contributed by atoms with E-state index in [4.69, 9.17) is 5.73 Å². The van der Waals surface area contributed by atoms with Crippen LogP contribution >= 0.6 is 0 Å². The molecule has 2 N–H and O–H groups in total. The molecule has 2 atom stereocenters. The number of aromatic nitrogens is 1. The normalized spacial score (nSPS) is 21.9. The largest absolute Gasteiger partial charge is 0.368 e. The van der Waals surface area contributed by atoms with Crippen molar-refractivity contribution in [3.63, 3.8) is 0 Å². The maximum Gasteiger partial charge on any atom is 0.0726 e. The predicted molar refractivity (Wildman–Crippen MR) is 89.7 cm³/mol. The van der Waals surface area contributed by atoms with Gasteiger partial charge in [-0.05, 0) is 51.3 Å². The molecule has 0 bridgehead atoms. The Kier molecular flexibility index (Phi) is 4.11. The van der Waals surface area contributed by atoms with Crippen LogP contribution in [0.3, 0.4) is 0 Å². The number of hydrogen-bond donors (Lipinski definition) is 1. The minimum absolute atomic E-state index is 0.574. The molecule has 0 saturated heterocycles. The molecule has 1 aliphatic carbocycles. The number of nitrogens with two attached hydrogens (primary N) is 1. The van der Waals surface area contributed by atoms with E-state index in [1.807, 2.05) is 0 Å². The number of hydrogen-bond acceptors (Lipinski definition) is 3. The molecule has 1 aromatic carbocycles. The molecule has 1 aliphatic rings. The number of para-hydroxylation sites is 1. The lowest BCUT2D eigenvalue weighted by atomic mass is 10.0. The highest BCUT2D eigenvalue weighted by molar-refractivity contribution is 5.92. The van der Waals surface area contributed by atoms with Gasteiger partial charge >= 0.3 is 0 Å². The zero-order valence-corrected chi connectivity index (χ0v) is 13.0. The first-order valence-electron chi connectivity index (χ1n) is 8.07. The van der Waals surface area contributed by atoms with Crippen molar-refractivity contribution < 1.29 is 0 Å². The third kappa shape index (κ3) is 2.62. The van der Waals surface area contributed by atoms with Crippen LogP contribution in [0.2, 0.25) is 0 Å². The summed E-state index contributed by atoms with van der Waals surface area (Å²) in [5, 5.41) is 1.26. The van der Waals surface area contributed by atoms with E-state index in [0.29, 0.717) is 12.0 Å². The minimum atomic E-state index is 0.574. The van der Waals surface area contributed by atoms with E-state index >= 15 is 0 Å². The predicted octanol–water partition coefficient (Wildman–Crippen LogP) is 3.50. The molecular weight excluding hydrogens is 258 g/mol. The highest BCUT2D eigenvalue weighted by Gasteiger charge is 2.31. The monoisotopic (exact) mass is 283 g/mol. The Hall–Kier alpha value is -1.61. The number of rotatable bonds is 4. The summed E-state index contributed by atoms with van der Waals surface area (Å²) in [4.78, 5) is 7.22. The van der Waals surface area contributed by atoms with Gasteiger partial charge in [-0.3, -0.25) is 4.98 Å². The van der Waals surface area contributed by atoms with Crippen molar-refractivity contribution in [1.29, 1.82) is 0 Å². The molecule has 3 heteroatoms. The highest BCUT2D eigenvalue weighted by atomic mass is 15.2. The summed E-state index contributed by atoms with van der Waals surface area (Å²) in [6, 6.07) is 11.3. The number of benzene rings is 1. The third-order valence-corrected chi connectivity index (χ3v) is 4.79. The molecular formula is C18H25N3. The third-order valence-electron chi connectivity index (χ3n) is 4.79. The van der Waals surface area contributed by atoms with Crippen LogP contribution in [0.1, 0.15) is 31.9 Å². The Labute approximate surface area is 127 Å². The number of pyridine rings is 1. The lowest BCUT2D eigenvalue weighted by molar-refractivity contribution is 0.462. The van der Waals surface area contributed by atoms with Crippen molar-refractivity contribution in [2.75, 3.05) is 18.0 Å². The van der Waals surface area contributed by atoms with Gasteiger partial charge in [0.05, 0.1) is 5.52 Å². The molecule has 0 aliphatic heterocycles. The quantitative estimate of drug-likeness (QED) is 0.934. The Balaban J connectivity index is 2.08. The molecule has 0 amide bonds. The van der Waals surface area contributed by atoms with Crippen molar-refractivity contribution in [3.8, 4) is 0 Å². The topological polar surface area (TPSA) is 42.2 Å². The van der Waals surface area contributed by atoms with Gasteiger partial charge in [0.2, 0.25) is 0 Å². The van der Waals surface area contributed by atoms with Crippen LogP contribution in [-0.2, 0) is 0 Å². The molecule has 112 valence electrons. The van der Waals surface area contributed by atoms with Crippen LogP contribution in [0.4, 0.5) is 5.69 Å². The van der Waals surface area contributed by atoms with Crippen LogP contribution in [-0.4, -0.2) is 24.1 Å². The maximum atomic E-state index is 6.00. The molecule has 1 aromatic heterocycles. The van der Waals surface area contributed by atoms with Crippen LogP contribution < -0.4 is 10.6 Å². The summed E-state index contributed by atoms with van der Waals surface area (Å²) in [7, 11) is 0. The Bertz CT molecular complexity index is 623. The fourth-order valence-corrected chi connectivity index (χ4v) is 3.81. The molecule has 1 heterocycles. The standard InChI is InChI=1S/C18H25N3/c1-3-21(17-10-6-7-14(17)12-19)18-11-13(2)20-16-9-5-4-8-15(16)18/h4-5,8-9,11,14,17H,3,6-7,10,12,19H2,1-2H3. The van der Waals surface area contributed by atoms with E-state index in [2.05, 4.69) is 54.1 Å². The number of nitrogens with zero attached hydrogens (tertiary/aromatic N) is 2. The van der Waals surface area contributed by atoms with E-state index < -0.39 is 0 Å². The molecule has 0 radical (unpaired) electrons. The molecule has 2 aromatic rings. The maximum absolute atomic E-state index is 6.00. The van der Waals surface area contributed by atoms with Gasteiger partial charge in [-0.1, -0.05) is 24.6 Å². The van der Waals surface area contributed by atoms with E-state index in [1.54, 1.807) is 0 Å². The molecule has 3 nitrogen and oxygen atoms in total. The fourth-order valence-electron chi connectivity index (χ4n) is 3.81. The van der Waals surface area contributed by atoms with Gasteiger partial charge in [-0.25, -0.2) is 0 Å². The van der Waals surface area contributed by atoms with Gasteiger partial charge in [0.25, 0.3) is 0 Å². The Morgan fingerprint density at radius 1 is 1.29 bits per heavy atom. The second kappa shape index (κ2) is 6.02. The summed E-state index contributed by atoms with van der Waals surface area (Å²) in [6.07, 6.45) is 3.82. The zero-order chi connectivity index (χ0) is 14.8. The van der Waals surface area contributed by atoms with Crippen molar-refractivity contribution in [2.45, 2.75) is 39.2 Å². The van der Waals surface area contributed by atoms with E-state index in [9.17, 15) is 0 Å². The summed E-state index contributed by atoms with van der Waals surface area (Å²) >= 11 is 0. The number of anilines is 1. The van der Waals surface area contributed by atoms with Gasteiger partial charge in [-0.2, -0.15) is 0 Å². The lowest BCUT2D eigenvalue weighted by Crippen LogP contribution is -2.40. The summed E-state index contributed by atoms with van der Waals surface area (Å²) < 4.78 is 0. The number of aryl methyl sites for hydroxylation is 1. The fraction of sp³-hybridized carbons (Fsp3) is 0.500. The second-order valence-corrected chi connectivity index (χ2v) is 6.08. The van der Waals surface area contributed by atoms with Crippen molar-refractivity contribution in [1.82, 2.24) is 4.98 Å². The average molecular weight is 283 g/mol. The highest BCUT2D eigenvalue weighted by Crippen LogP contribution is 2.35. The van der Waals surface area contributed by atoms with E-state index in [1.165, 1.54) is 30.3 Å². The minimum Gasteiger partial charge on any atom is -0.368 e. The molecule has 3 rings (SSSR count). The average Bonchev–Trinajstić information content (AvgIpc) is 2.96. The first kappa shape index (κ1) is 14.3. The number of fused-ring (bicyclic) bond motifs is 1. The smallest absolute Gasteiger partial charge is 0.0726 e. The van der Waals surface area contributed by atoms with Crippen LogP contribution in [0.25, 0.3) is 10.9 Å². The SMILES string of the molecule is CCN(c1cc(C)nc2ccccc12)C1CCCC1CN. The summed E-state index contributed by atoms with van der Waals surface area (Å²) in [6.45, 7) is 6.15. The summed E-state index contributed by atoms with van der Waals surface area (Å²) in [5.74, 6) is 0.622. The van der Waals surface area contributed by atoms with Gasteiger partial charge < -0.3 is 10.6 Å². The van der Waals surface area contributed by atoms with Crippen molar-refractivity contribution in [3.05, 3.63) is 36.0 Å². The van der Waals surface area contributed by atoms with Gasteiger partial charge in [0.15, 0.2) is 0 Å². The van der Waals surface area contributed by atoms with Gasteiger partial charge in [0.1, 0.15) is 0 Å². The Morgan fingerprint density at radius 2 is 2.10 bits per heavy atom. The first-order chi connectivity index (χ1) is 10.2. The van der Waals surface area contributed by atoms with Gasteiger partial charge in [0, 0.05) is 29.4 Å². The van der Waals surface area contributed by atoms with Crippen molar-refractivity contribution >= 4 is 16.6 Å². The molecule has 1 fully saturated rings. The van der Waals surface area contributed by atoms with E-state index in [-0.39, 0.29) is 0 Å². The van der Waals surface area contributed by atoms with Gasteiger partial charge in [-0.15, -0.1) is 0 Å². The van der Waals surface area contributed by atoms with Crippen LogP contribution in [0.15, 0.2) is 30.3 Å². The summed E-state index contributed by atoms with van der Waals surface area (Å²) in [5.41, 5.74) is 9.50. The molecule has 21 heavy (non-hydrogen) atoms. The zero-order valence-electron chi connectivity index (χ0n) is 13.0. The molecule has 1 saturated carbocycles. The lowest BCUT2D eigenvalue weighted by Gasteiger charge is -2.34. The first-order valence-corrected chi connectivity index (χ1v) is 8.07. The Morgan fingerprint density at radius 3 is 2.86 bits per heavy atom. The molecule has 2 unspecified atom stereocenters. The van der Waals surface area contributed by atoms with Crippen molar-refractivity contribution in [2.24, 2.45) is 11.7 Å². The van der Waals surface area contributed by atoms with Crippen LogP contribution in [0.5, 0.6) is 0 Å². The second-order valence-electron chi connectivity index (χ2n) is 6.08.